The highest BCUT2D eigenvalue weighted by molar-refractivity contribution is 5.96. The average molecular weight is 716 g/mol. The first-order chi connectivity index (χ1) is 27.5. The summed E-state index contributed by atoms with van der Waals surface area (Å²) in [6.07, 6.45) is 0. The van der Waals surface area contributed by atoms with Gasteiger partial charge in [0.05, 0.1) is 22.4 Å². The molecular weight excluding hydrogens is 679 g/mol. The fourth-order valence-corrected chi connectivity index (χ4v) is 10.4. The van der Waals surface area contributed by atoms with Gasteiger partial charge in [-0.15, -0.1) is 0 Å². The zero-order chi connectivity index (χ0) is 37.2. The molecule has 8 aromatic carbocycles. The molecule has 1 aromatic heterocycles. The van der Waals surface area contributed by atoms with Crippen LogP contribution >= 0.6 is 0 Å². The van der Waals surface area contributed by atoms with E-state index in [1.165, 1.54) is 61.2 Å². The Kier molecular flexibility index (Phi) is 6.32. The van der Waals surface area contributed by atoms with Crippen molar-refractivity contribution in [2.45, 2.75) is 24.7 Å². The summed E-state index contributed by atoms with van der Waals surface area (Å²) in [5, 5.41) is 0. The molecule has 0 radical (unpaired) electrons. The summed E-state index contributed by atoms with van der Waals surface area (Å²) in [5.41, 5.74) is 20.0. The van der Waals surface area contributed by atoms with Crippen LogP contribution in [0.1, 0.15) is 47.5 Å². The zero-order valence-electron chi connectivity index (χ0n) is 31.2. The number of para-hydroxylation sites is 2. The zero-order valence-corrected chi connectivity index (χ0v) is 31.2. The van der Waals surface area contributed by atoms with Crippen molar-refractivity contribution in [1.29, 1.82) is 0 Å². The average Bonchev–Trinajstić information content (AvgIpc) is 3.94. The van der Waals surface area contributed by atoms with E-state index in [1.54, 1.807) is 0 Å². The number of hydrogen-bond acceptors (Lipinski definition) is 2. The highest BCUT2D eigenvalue weighted by Crippen LogP contribution is 2.63. The summed E-state index contributed by atoms with van der Waals surface area (Å²) in [7, 11) is 0. The van der Waals surface area contributed by atoms with Gasteiger partial charge in [0.25, 0.3) is 0 Å². The first-order valence-corrected chi connectivity index (χ1v) is 19.6. The van der Waals surface area contributed by atoms with Crippen LogP contribution in [0.4, 0.5) is 17.1 Å². The largest absolute Gasteiger partial charge is 0.310 e. The third kappa shape index (κ3) is 3.99. The van der Waals surface area contributed by atoms with E-state index >= 15 is 0 Å². The molecule has 0 saturated heterocycles. The van der Waals surface area contributed by atoms with Crippen LogP contribution in [0.25, 0.3) is 50.1 Å². The fraction of sp³-hybridized carbons (Fsp3) is 0.0755. The van der Waals surface area contributed by atoms with Gasteiger partial charge in [0.15, 0.2) is 0 Å². The number of anilines is 3. The van der Waals surface area contributed by atoms with Gasteiger partial charge in [0, 0.05) is 22.4 Å². The maximum absolute atomic E-state index is 5.57. The second-order valence-electron chi connectivity index (χ2n) is 15.9. The normalized spacial score (nSPS) is 14.5. The Morgan fingerprint density at radius 1 is 0.464 bits per heavy atom. The van der Waals surface area contributed by atoms with Crippen molar-refractivity contribution in [2.75, 3.05) is 4.90 Å². The lowest BCUT2D eigenvalue weighted by Crippen LogP contribution is -2.29. The quantitative estimate of drug-likeness (QED) is 0.181. The Balaban J connectivity index is 1.17. The molecule has 0 fully saturated rings. The second kappa shape index (κ2) is 11.3. The molecule has 264 valence electrons. The van der Waals surface area contributed by atoms with E-state index < -0.39 is 5.41 Å². The lowest BCUT2D eigenvalue weighted by atomic mass is 9.72. The van der Waals surface area contributed by atoms with Crippen molar-refractivity contribution < 1.29 is 0 Å². The van der Waals surface area contributed by atoms with Crippen molar-refractivity contribution >= 4 is 28.1 Å². The Morgan fingerprint density at radius 3 is 1.77 bits per heavy atom. The summed E-state index contributed by atoms with van der Waals surface area (Å²) >= 11 is 0. The molecule has 0 bridgehead atoms. The molecule has 0 saturated carbocycles. The standard InChI is InChI=1S/C53H37N3/c1-52(2)42-20-9-6-17-38(42)41-32-31-37(33-45(41)52)55(36-29-27-35(28-30-36)34-15-4-3-5-16-34)48-25-14-26-49-50(48)53(51-54-46-23-12-13-24-47(46)56(49)51)43-21-10-7-18-39(43)40-19-8-11-22-44(40)53/h3-33H,1-2H3. The Bertz CT molecular complexity index is 3010. The molecule has 56 heavy (non-hydrogen) atoms. The summed E-state index contributed by atoms with van der Waals surface area (Å²) in [6.45, 7) is 4.73. The SMILES string of the molecule is CC1(C)c2ccccc2-c2ccc(N(c3ccc(-c4ccccc4)cc3)c3cccc4c3C3(c5ccccc5-c5ccccc53)c3nc5ccccc5n3-4)cc21. The highest BCUT2D eigenvalue weighted by atomic mass is 15.2. The van der Waals surface area contributed by atoms with E-state index in [4.69, 9.17) is 4.98 Å². The van der Waals surface area contributed by atoms with E-state index in [1.807, 2.05) is 0 Å². The summed E-state index contributed by atoms with van der Waals surface area (Å²) in [5.74, 6) is 1.04. The van der Waals surface area contributed by atoms with Crippen LogP contribution in [0.2, 0.25) is 0 Å². The van der Waals surface area contributed by atoms with Gasteiger partial charge in [-0.25, -0.2) is 4.98 Å². The van der Waals surface area contributed by atoms with Crippen LogP contribution in [0, 0.1) is 0 Å². The number of rotatable bonds is 4. The smallest absolute Gasteiger partial charge is 0.134 e. The van der Waals surface area contributed by atoms with E-state index in [2.05, 4.69) is 211 Å². The number of fused-ring (bicyclic) bond motifs is 15. The third-order valence-corrected chi connectivity index (χ3v) is 12.8. The molecule has 0 atom stereocenters. The maximum atomic E-state index is 5.57. The molecule has 12 rings (SSSR count). The molecule has 0 unspecified atom stereocenters. The molecule has 2 heterocycles. The molecule has 3 nitrogen and oxygen atoms in total. The molecule has 9 aromatic rings. The second-order valence-corrected chi connectivity index (χ2v) is 15.9. The van der Waals surface area contributed by atoms with E-state index in [-0.39, 0.29) is 5.41 Å². The summed E-state index contributed by atoms with van der Waals surface area (Å²) < 4.78 is 2.44. The van der Waals surface area contributed by atoms with Gasteiger partial charge in [0.2, 0.25) is 0 Å². The number of hydrogen-bond donors (Lipinski definition) is 0. The predicted octanol–water partition coefficient (Wildman–Crippen LogP) is 13.1. The summed E-state index contributed by atoms with van der Waals surface area (Å²) in [6, 6.07) is 69.2. The first-order valence-electron chi connectivity index (χ1n) is 19.6. The molecular formula is C53H37N3. The lowest BCUT2D eigenvalue weighted by Gasteiger charge is -2.34. The van der Waals surface area contributed by atoms with Crippen LogP contribution in [-0.2, 0) is 10.8 Å². The maximum Gasteiger partial charge on any atom is 0.134 e. The molecule has 3 aliphatic rings. The number of benzene rings is 8. The van der Waals surface area contributed by atoms with Crippen molar-refractivity contribution in [3.8, 4) is 39.1 Å². The minimum atomic E-state index is -0.646. The number of aromatic nitrogens is 2. The van der Waals surface area contributed by atoms with Crippen LogP contribution in [0.5, 0.6) is 0 Å². The topological polar surface area (TPSA) is 21.1 Å². The van der Waals surface area contributed by atoms with Gasteiger partial charge in [-0.2, -0.15) is 0 Å². The minimum absolute atomic E-state index is 0.144. The molecule has 1 spiro atoms. The van der Waals surface area contributed by atoms with Gasteiger partial charge in [-0.1, -0.05) is 153 Å². The van der Waals surface area contributed by atoms with E-state index in [9.17, 15) is 0 Å². The van der Waals surface area contributed by atoms with Crippen molar-refractivity contribution in [3.63, 3.8) is 0 Å². The van der Waals surface area contributed by atoms with Crippen molar-refractivity contribution in [3.05, 3.63) is 222 Å². The number of imidazole rings is 1. The molecule has 0 N–H and O–H groups in total. The van der Waals surface area contributed by atoms with Crippen LogP contribution in [-0.4, -0.2) is 9.55 Å². The monoisotopic (exact) mass is 715 g/mol. The van der Waals surface area contributed by atoms with Crippen molar-refractivity contribution in [2.24, 2.45) is 0 Å². The van der Waals surface area contributed by atoms with Crippen LogP contribution < -0.4 is 4.90 Å². The third-order valence-electron chi connectivity index (χ3n) is 12.8. The Labute approximate surface area is 326 Å². The van der Waals surface area contributed by atoms with E-state index in [0.717, 1.165) is 39.6 Å². The highest BCUT2D eigenvalue weighted by Gasteiger charge is 2.56. The van der Waals surface area contributed by atoms with Crippen molar-refractivity contribution in [1.82, 2.24) is 9.55 Å². The Morgan fingerprint density at radius 2 is 1.04 bits per heavy atom. The van der Waals surface area contributed by atoms with Gasteiger partial charge in [-0.05, 0) is 104 Å². The first kappa shape index (κ1) is 31.4. The van der Waals surface area contributed by atoms with Crippen LogP contribution in [0.3, 0.4) is 0 Å². The summed E-state index contributed by atoms with van der Waals surface area (Å²) in [4.78, 5) is 8.07. The number of nitrogens with zero attached hydrogens (tertiary/aromatic N) is 3. The van der Waals surface area contributed by atoms with Crippen LogP contribution in [0.15, 0.2) is 188 Å². The van der Waals surface area contributed by atoms with Gasteiger partial charge >= 0.3 is 0 Å². The molecule has 0 amide bonds. The fourth-order valence-electron chi connectivity index (χ4n) is 10.4. The van der Waals surface area contributed by atoms with Gasteiger partial charge < -0.3 is 4.90 Å². The minimum Gasteiger partial charge on any atom is -0.310 e. The molecule has 1 aliphatic heterocycles. The van der Waals surface area contributed by atoms with Gasteiger partial charge in [-0.3, -0.25) is 4.57 Å². The molecule has 3 heteroatoms. The predicted molar refractivity (Wildman–Crippen MR) is 230 cm³/mol. The molecule has 2 aliphatic carbocycles. The Hall–Kier alpha value is -6.97. The van der Waals surface area contributed by atoms with Gasteiger partial charge in [0.1, 0.15) is 11.2 Å². The van der Waals surface area contributed by atoms with E-state index in [0.29, 0.717) is 0 Å². The lowest BCUT2D eigenvalue weighted by molar-refractivity contribution is 0.660.